The number of nitrogens with one attached hydrogen (secondary N) is 2. The van der Waals surface area contributed by atoms with Crippen LogP contribution in [0.25, 0.3) is 5.70 Å². The maximum absolute atomic E-state index is 12.3. The minimum atomic E-state index is -0.553. The molecule has 0 unspecified atom stereocenters. The molecule has 1 heterocycles. The second-order valence-electron chi connectivity index (χ2n) is 5.37. The van der Waals surface area contributed by atoms with Crippen molar-refractivity contribution < 1.29 is 14.4 Å². The summed E-state index contributed by atoms with van der Waals surface area (Å²) in [5.41, 5.74) is 6.43. The molecular weight excluding hydrogens is 342 g/mol. The average molecular weight is 356 g/mol. The number of fused-ring (bicyclic) bond motifs is 1. The first-order chi connectivity index (χ1) is 12.0. The molecule has 7 heteroatoms. The Hall–Kier alpha value is -3.12. The Balaban J connectivity index is 1.61. The van der Waals surface area contributed by atoms with Crippen LogP contribution in [0.5, 0.6) is 0 Å². The molecule has 3 amide bonds. The largest absolute Gasteiger partial charge is 0.299 e. The van der Waals surface area contributed by atoms with Crippen molar-refractivity contribution in [3.05, 3.63) is 76.8 Å². The number of carbonyl (C=O) groups excluding carboxylic acids is 3. The maximum atomic E-state index is 12.3. The molecule has 2 aromatic carbocycles. The first kappa shape index (κ1) is 16.7. The summed E-state index contributed by atoms with van der Waals surface area (Å²) in [6.07, 6.45) is 0. The van der Waals surface area contributed by atoms with Crippen LogP contribution in [0.4, 0.5) is 0 Å². The first-order valence-electron chi connectivity index (χ1n) is 7.43. The van der Waals surface area contributed by atoms with E-state index in [-0.39, 0.29) is 23.0 Å². The van der Waals surface area contributed by atoms with E-state index in [1.54, 1.807) is 42.5 Å². The summed E-state index contributed by atoms with van der Waals surface area (Å²) in [5, 5.41) is 0.271. The van der Waals surface area contributed by atoms with Crippen molar-refractivity contribution in [3.8, 4) is 0 Å². The van der Waals surface area contributed by atoms with Crippen molar-refractivity contribution >= 4 is 35.0 Å². The Morgan fingerprint density at radius 3 is 2.32 bits per heavy atom. The van der Waals surface area contributed by atoms with E-state index in [1.807, 2.05) is 0 Å². The van der Waals surface area contributed by atoms with Crippen LogP contribution >= 0.6 is 11.6 Å². The molecule has 0 atom stereocenters. The van der Waals surface area contributed by atoms with E-state index in [2.05, 4.69) is 17.4 Å². The van der Waals surface area contributed by atoms with Gasteiger partial charge in [-0.25, -0.2) is 0 Å². The molecule has 25 heavy (non-hydrogen) atoms. The van der Waals surface area contributed by atoms with Crippen LogP contribution in [0.3, 0.4) is 0 Å². The van der Waals surface area contributed by atoms with Crippen LogP contribution in [-0.4, -0.2) is 29.2 Å². The molecule has 0 spiro atoms. The van der Waals surface area contributed by atoms with Gasteiger partial charge >= 0.3 is 0 Å². The smallest absolute Gasteiger partial charge is 0.271 e. The fraction of sp³-hybridized carbons (Fsp3) is 0.0556. The van der Waals surface area contributed by atoms with Gasteiger partial charge in [0.15, 0.2) is 0 Å². The SMILES string of the molecule is C=C1c2ccccc2C(=O)N1CC(=O)NNC(=O)c1ccccc1Cl. The number of halogens is 1. The standard InChI is InChI=1S/C18H14ClN3O3/c1-11-12-6-2-3-7-13(12)18(25)22(11)10-16(23)20-21-17(24)14-8-4-5-9-15(14)19/h2-9H,1,10H2,(H,20,23)(H,21,24). The summed E-state index contributed by atoms with van der Waals surface area (Å²) in [7, 11) is 0. The molecule has 1 aliphatic heterocycles. The molecule has 0 fully saturated rings. The highest BCUT2D eigenvalue weighted by Crippen LogP contribution is 2.30. The summed E-state index contributed by atoms with van der Waals surface area (Å²) in [4.78, 5) is 37.7. The van der Waals surface area contributed by atoms with Gasteiger partial charge < -0.3 is 0 Å². The molecule has 0 radical (unpaired) electrons. The van der Waals surface area contributed by atoms with E-state index < -0.39 is 11.8 Å². The Morgan fingerprint density at radius 1 is 1.00 bits per heavy atom. The zero-order valence-electron chi connectivity index (χ0n) is 13.1. The van der Waals surface area contributed by atoms with E-state index in [0.29, 0.717) is 16.8 Å². The Morgan fingerprint density at radius 2 is 1.64 bits per heavy atom. The topological polar surface area (TPSA) is 78.5 Å². The first-order valence-corrected chi connectivity index (χ1v) is 7.80. The molecule has 2 aromatic rings. The number of carbonyl (C=O) groups is 3. The molecule has 126 valence electrons. The van der Waals surface area contributed by atoms with Crippen molar-refractivity contribution in [2.75, 3.05) is 6.54 Å². The molecule has 0 aromatic heterocycles. The lowest BCUT2D eigenvalue weighted by Crippen LogP contribution is -2.46. The molecule has 0 saturated carbocycles. The second kappa shape index (κ2) is 6.78. The average Bonchev–Trinajstić information content (AvgIpc) is 2.85. The fourth-order valence-electron chi connectivity index (χ4n) is 2.52. The van der Waals surface area contributed by atoms with Crippen LogP contribution in [0.2, 0.25) is 5.02 Å². The predicted octanol–water partition coefficient (Wildman–Crippen LogP) is 2.23. The molecule has 1 aliphatic rings. The van der Waals surface area contributed by atoms with E-state index in [0.717, 1.165) is 0 Å². The van der Waals surface area contributed by atoms with Gasteiger partial charge in [0.2, 0.25) is 0 Å². The predicted molar refractivity (Wildman–Crippen MR) is 93.6 cm³/mol. The highest BCUT2D eigenvalue weighted by Gasteiger charge is 2.31. The number of hydrogen-bond acceptors (Lipinski definition) is 3. The molecule has 0 saturated heterocycles. The van der Waals surface area contributed by atoms with Crippen molar-refractivity contribution in [3.63, 3.8) is 0 Å². The summed E-state index contributed by atoms with van der Waals surface area (Å²) in [6, 6.07) is 13.5. The molecule has 6 nitrogen and oxygen atoms in total. The van der Waals surface area contributed by atoms with Crippen molar-refractivity contribution in [1.29, 1.82) is 0 Å². The van der Waals surface area contributed by atoms with Crippen LogP contribution in [0.1, 0.15) is 26.3 Å². The zero-order chi connectivity index (χ0) is 18.0. The Labute approximate surface area is 149 Å². The monoisotopic (exact) mass is 355 g/mol. The lowest BCUT2D eigenvalue weighted by molar-refractivity contribution is -0.122. The van der Waals surface area contributed by atoms with Gasteiger partial charge in [0.1, 0.15) is 6.54 Å². The van der Waals surface area contributed by atoms with Crippen molar-refractivity contribution in [1.82, 2.24) is 15.8 Å². The molecular formula is C18H14ClN3O3. The summed E-state index contributed by atoms with van der Waals surface area (Å²) in [6.45, 7) is 3.60. The lowest BCUT2D eigenvalue weighted by atomic mass is 10.1. The quantitative estimate of drug-likeness (QED) is 0.829. The fourth-order valence-corrected chi connectivity index (χ4v) is 2.75. The highest BCUT2D eigenvalue weighted by molar-refractivity contribution is 6.33. The third-order valence-corrected chi connectivity index (χ3v) is 4.10. The van der Waals surface area contributed by atoms with Crippen LogP contribution < -0.4 is 10.9 Å². The third kappa shape index (κ3) is 3.25. The second-order valence-corrected chi connectivity index (χ2v) is 5.77. The van der Waals surface area contributed by atoms with Gasteiger partial charge in [-0.3, -0.25) is 30.1 Å². The Kier molecular flexibility index (Phi) is 4.54. The number of hydrazine groups is 1. The highest BCUT2D eigenvalue weighted by atomic mass is 35.5. The van der Waals surface area contributed by atoms with Gasteiger partial charge in [-0.1, -0.05) is 48.5 Å². The maximum Gasteiger partial charge on any atom is 0.271 e. The molecule has 2 N–H and O–H groups in total. The van der Waals surface area contributed by atoms with E-state index >= 15 is 0 Å². The number of rotatable bonds is 3. The van der Waals surface area contributed by atoms with Crippen LogP contribution in [0, 0.1) is 0 Å². The van der Waals surface area contributed by atoms with Gasteiger partial charge in [-0.05, 0) is 18.2 Å². The minimum Gasteiger partial charge on any atom is -0.299 e. The minimum absolute atomic E-state index is 0.235. The van der Waals surface area contributed by atoms with Gasteiger partial charge in [-0.2, -0.15) is 0 Å². The summed E-state index contributed by atoms with van der Waals surface area (Å²) >= 11 is 5.92. The van der Waals surface area contributed by atoms with Gasteiger partial charge in [0, 0.05) is 16.8 Å². The van der Waals surface area contributed by atoms with Crippen molar-refractivity contribution in [2.24, 2.45) is 0 Å². The number of nitrogens with zero attached hydrogens (tertiary/aromatic N) is 1. The third-order valence-electron chi connectivity index (χ3n) is 3.77. The van der Waals surface area contributed by atoms with Gasteiger partial charge in [-0.15, -0.1) is 0 Å². The van der Waals surface area contributed by atoms with E-state index in [9.17, 15) is 14.4 Å². The number of benzene rings is 2. The lowest BCUT2D eigenvalue weighted by Gasteiger charge is -2.17. The number of hydrogen-bond donors (Lipinski definition) is 2. The molecule has 0 aliphatic carbocycles. The summed E-state index contributed by atoms with van der Waals surface area (Å²) < 4.78 is 0. The van der Waals surface area contributed by atoms with Crippen LogP contribution in [0.15, 0.2) is 55.1 Å². The van der Waals surface area contributed by atoms with Gasteiger partial charge in [0.05, 0.1) is 10.6 Å². The normalized spacial score (nSPS) is 12.8. The molecule has 0 bridgehead atoms. The number of amides is 3. The van der Waals surface area contributed by atoms with Crippen LogP contribution in [-0.2, 0) is 4.79 Å². The zero-order valence-corrected chi connectivity index (χ0v) is 13.8. The van der Waals surface area contributed by atoms with E-state index in [1.165, 1.54) is 11.0 Å². The van der Waals surface area contributed by atoms with E-state index in [4.69, 9.17) is 11.6 Å². The van der Waals surface area contributed by atoms with Crippen molar-refractivity contribution in [2.45, 2.75) is 0 Å². The molecule has 3 rings (SSSR count). The van der Waals surface area contributed by atoms with Gasteiger partial charge in [0.25, 0.3) is 17.7 Å². The summed E-state index contributed by atoms with van der Waals surface area (Å²) in [5.74, 6) is -1.40. The Bertz CT molecular complexity index is 860.